The minimum atomic E-state index is 1.14. The summed E-state index contributed by atoms with van der Waals surface area (Å²) in [7, 11) is 0. The number of unbranched alkanes of at least 4 members (excludes halogenated alkanes) is 5. The first-order valence-electron chi connectivity index (χ1n) is 9.95. The van der Waals surface area contributed by atoms with Crippen LogP contribution in [0.1, 0.15) is 75.0 Å². The van der Waals surface area contributed by atoms with Crippen LogP contribution < -0.4 is 0 Å². The molecule has 1 nitrogen and oxygen atoms in total. The molecule has 1 aromatic heterocycles. The van der Waals surface area contributed by atoms with Crippen molar-refractivity contribution in [3.8, 4) is 11.3 Å². The summed E-state index contributed by atoms with van der Waals surface area (Å²) in [5.41, 5.74) is 7.36. The quantitative estimate of drug-likeness (QED) is 0.504. The van der Waals surface area contributed by atoms with Crippen molar-refractivity contribution in [1.82, 2.24) is 4.98 Å². The highest BCUT2D eigenvalue weighted by Crippen LogP contribution is 2.33. The normalized spacial score (nSPS) is 13.7. The Morgan fingerprint density at radius 3 is 2.42 bits per heavy atom. The van der Waals surface area contributed by atoms with Gasteiger partial charge in [0, 0.05) is 11.8 Å². The molecule has 0 amide bonds. The van der Waals surface area contributed by atoms with Gasteiger partial charge in [0.05, 0.1) is 5.69 Å². The summed E-state index contributed by atoms with van der Waals surface area (Å²) in [5.74, 6) is 0. The predicted molar refractivity (Wildman–Crippen MR) is 103 cm³/mol. The Kier molecular flexibility index (Phi) is 6.46. The van der Waals surface area contributed by atoms with Crippen LogP contribution in [0.5, 0.6) is 0 Å². The number of rotatable bonds is 8. The molecule has 1 aromatic carbocycles. The maximum atomic E-state index is 4.59. The number of hydrogen-bond acceptors (Lipinski definition) is 1. The van der Waals surface area contributed by atoms with Crippen molar-refractivity contribution in [2.75, 3.05) is 0 Å². The lowest BCUT2D eigenvalue weighted by molar-refractivity contribution is 0.603. The van der Waals surface area contributed by atoms with Gasteiger partial charge in [-0.15, -0.1) is 0 Å². The molecule has 0 aliphatic heterocycles. The average molecular weight is 322 g/mol. The minimum absolute atomic E-state index is 1.14. The second kappa shape index (κ2) is 9.01. The third kappa shape index (κ3) is 4.26. The second-order valence-electron chi connectivity index (χ2n) is 7.17. The molecule has 0 saturated carbocycles. The van der Waals surface area contributed by atoms with Gasteiger partial charge in [-0.3, -0.25) is 4.98 Å². The Morgan fingerprint density at radius 1 is 0.833 bits per heavy atom. The first-order chi connectivity index (χ1) is 11.9. The van der Waals surface area contributed by atoms with E-state index < -0.39 is 0 Å². The molecule has 0 bridgehead atoms. The van der Waals surface area contributed by atoms with Gasteiger partial charge in [-0.25, -0.2) is 0 Å². The van der Waals surface area contributed by atoms with Crippen molar-refractivity contribution in [3.63, 3.8) is 0 Å². The van der Waals surface area contributed by atoms with Gasteiger partial charge in [0.2, 0.25) is 0 Å². The molecule has 2 aromatic rings. The van der Waals surface area contributed by atoms with E-state index in [9.17, 15) is 0 Å². The van der Waals surface area contributed by atoms with Gasteiger partial charge in [-0.1, -0.05) is 57.2 Å². The molecule has 0 atom stereocenters. The third-order valence-corrected chi connectivity index (χ3v) is 5.37. The topological polar surface area (TPSA) is 12.9 Å². The zero-order valence-corrected chi connectivity index (χ0v) is 15.2. The monoisotopic (exact) mass is 321 g/mol. The van der Waals surface area contributed by atoms with Crippen LogP contribution in [0.2, 0.25) is 0 Å². The maximum Gasteiger partial charge on any atom is 0.0704 e. The SMILES string of the molecule is CCCCCCCCc1ccc(-c2ccccn2)c2c1CCCC2. The summed E-state index contributed by atoms with van der Waals surface area (Å²) in [5, 5.41) is 0. The number of aryl methyl sites for hydroxylation is 1. The lowest BCUT2D eigenvalue weighted by Gasteiger charge is -2.23. The number of hydrogen-bond donors (Lipinski definition) is 0. The van der Waals surface area contributed by atoms with Gasteiger partial charge in [0.15, 0.2) is 0 Å². The molecule has 0 unspecified atom stereocenters. The van der Waals surface area contributed by atoms with Crippen LogP contribution in [0, 0.1) is 0 Å². The Labute approximate surface area is 147 Å². The molecule has 3 rings (SSSR count). The fourth-order valence-electron chi connectivity index (χ4n) is 4.03. The van der Waals surface area contributed by atoms with Crippen LogP contribution in [0.4, 0.5) is 0 Å². The standard InChI is InChI=1S/C23H31N/c1-2-3-4-5-6-7-12-19-16-17-22(23-15-10-11-18-24-23)21-14-9-8-13-20(19)21/h10-11,15-18H,2-9,12-14H2,1H3. The van der Waals surface area contributed by atoms with E-state index in [0.29, 0.717) is 0 Å². The number of aromatic nitrogens is 1. The molecule has 0 N–H and O–H groups in total. The Balaban J connectivity index is 1.72. The maximum absolute atomic E-state index is 4.59. The summed E-state index contributed by atoms with van der Waals surface area (Å²) in [6.45, 7) is 2.29. The number of pyridine rings is 1. The van der Waals surface area contributed by atoms with Crippen molar-refractivity contribution in [2.24, 2.45) is 0 Å². The van der Waals surface area contributed by atoms with Crippen LogP contribution in [0.25, 0.3) is 11.3 Å². The number of benzene rings is 1. The van der Waals surface area contributed by atoms with E-state index in [0.717, 1.165) is 5.69 Å². The zero-order valence-electron chi connectivity index (χ0n) is 15.2. The van der Waals surface area contributed by atoms with Gasteiger partial charge in [-0.2, -0.15) is 0 Å². The molecule has 1 heteroatoms. The molecular weight excluding hydrogens is 290 g/mol. The highest BCUT2D eigenvalue weighted by atomic mass is 14.7. The van der Waals surface area contributed by atoms with E-state index in [4.69, 9.17) is 0 Å². The average Bonchev–Trinajstić information content (AvgIpc) is 2.65. The fraction of sp³-hybridized carbons (Fsp3) is 0.522. The molecule has 128 valence electrons. The fourth-order valence-corrected chi connectivity index (χ4v) is 4.03. The van der Waals surface area contributed by atoms with Gasteiger partial charge >= 0.3 is 0 Å². The van der Waals surface area contributed by atoms with E-state index in [-0.39, 0.29) is 0 Å². The van der Waals surface area contributed by atoms with Crippen molar-refractivity contribution >= 4 is 0 Å². The molecule has 1 aliphatic rings. The largest absolute Gasteiger partial charge is 0.256 e. The Hall–Kier alpha value is -1.63. The molecule has 1 aliphatic carbocycles. The molecular formula is C23H31N. The summed E-state index contributed by atoms with van der Waals surface area (Å²) in [4.78, 5) is 4.59. The lowest BCUT2D eigenvalue weighted by Crippen LogP contribution is -2.09. The zero-order chi connectivity index (χ0) is 16.6. The first kappa shape index (κ1) is 17.2. The molecule has 1 heterocycles. The molecule has 24 heavy (non-hydrogen) atoms. The third-order valence-electron chi connectivity index (χ3n) is 5.37. The van der Waals surface area contributed by atoms with E-state index in [1.54, 1.807) is 16.7 Å². The van der Waals surface area contributed by atoms with Crippen molar-refractivity contribution in [1.29, 1.82) is 0 Å². The molecule has 0 saturated heterocycles. The van der Waals surface area contributed by atoms with Gasteiger partial charge in [-0.05, 0) is 67.3 Å². The van der Waals surface area contributed by atoms with Crippen LogP contribution in [0.15, 0.2) is 36.5 Å². The van der Waals surface area contributed by atoms with Crippen molar-refractivity contribution < 1.29 is 0 Å². The van der Waals surface area contributed by atoms with E-state index in [1.807, 2.05) is 12.3 Å². The summed E-state index contributed by atoms with van der Waals surface area (Å²) < 4.78 is 0. The molecule has 0 fully saturated rings. The summed E-state index contributed by atoms with van der Waals surface area (Å²) in [6.07, 6.45) is 16.6. The van der Waals surface area contributed by atoms with Crippen LogP contribution >= 0.6 is 0 Å². The van der Waals surface area contributed by atoms with Crippen LogP contribution in [-0.2, 0) is 19.3 Å². The highest BCUT2D eigenvalue weighted by molar-refractivity contribution is 5.67. The first-order valence-corrected chi connectivity index (χ1v) is 9.95. The van der Waals surface area contributed by atoms with Crippen LogP contribution in [0.3, 0.4) is 0 Å². The Morgan fingerprint density at radius 2 is 1.62 bits per heavy atom. The minimum Gasteiger partial charge on any atom is -0.256 e. The highest BCUT2D eigenvalue weighted by Gasteiger charge is 2.18. The number of nitrogens with zero attached hydrogens (tertiary/aromatic N) is 1. The smallest absolute Gasteiger partial charge is 0.0704 e. The Bertz CT molecular complexity index is 630. The van der Waals surface area contributed by atoms with Gasteiger partial charge in [0.1, 0.15) is 0 Å². The second-order valence-corrected chi connectivity index (χ2v) is 7.17. The van der Waals surface area contributed by atoms with Gasteiger partial charge < -0.3 is 0 Å². The van der Waals surface area contributed by atoms with E-state index in [1.165, 1.54) is 76.2 Å². The van der Waals surface area contributed by atoms with E-state index in [2.05, 4.69) is 36.2 Å². The molecule has 0 spiro atoms. The van der Waals surface area contributed by atoms with Crippen LogP contribution in [-0.4, -0.2) is 4.98 Å². The summed E-state index contributed by atoms with van der Waals surface area (Å²) in [6, 6.07) is 11.0. The predicted octanol–water partition coefficient (Wildman–Crippen LogP) is 6.53. The lowest BCUT2D eigenvalue weighted by atomic mass is 9.83. The van der Waals surface area contributed by atoms with Crippen molar-refractivity contribution in [2.45, 2.75) is 77.6 Å². The number of fused-ring (bicyclic) bond motifs is 1. The van der Waals surface area contributed by atoms with Crippen molar-refractivity contribution in [3.05, 3.63) is 53.2 Å². The molecule has 0 radical (unpaired) electrons. The summed E-state index contributed by atoms with van der Waals surface area (Å²) >= 11 is 0. The van der Waals surface area contributed by atoms with Gasteiger partial charge in [0.25, 0.3) is 0 Å². The van der Waals surface area contributed by atoms with E-state index >= 15 is 0 Å².